The first-order valence-corrected chi connectivity index (χ1v) is 8.26. The molecule has 0 atom stereocenters. The zero-order valence-corrected chi connectivity index (χ0v) is 14.2. The molecule has 0 spiro atoms. The van der Waals surface area contributed by atoms with Crippen LogP contribution in [-0.2, 0) is 4.79 Å². The van der Waals surface area contributed by atoms with Crippen LogP contribution in [0.5, 0.6) is 0 Å². The van der Waals surface area contributed by atoms with E-state index in [1.54, 1.807) is 12.1 Å². The van der Waals surface area contributed by atoms with Gasteiger partial charge in [0.05, 0.1) is 0 Å². The minimum Gasteiger partial charge on any atom is -0.385 e. The summed E-state index contributed by atoms with van der Waals surface area (Å²) in [4.78, 5) is 14.1. The zero-order chi connectivity index (χ0) is 17.4. The molecule has 2 N–H and O–H groups in total. The first-order valence-electron chi connectivity index (χ1n) is 8.26. The van der Waals surface area contributed by atoms with Crippen molar-refractivity contribution in [2.75, 3.05) is 35.2 Å². The number of nitrogens with one attached hydrogen (secondary N) is 2. The van der Waals surface area contributed by atoms with Gasteiger partial charge in [0.1, 0.15) is 5.82 Å². The van der Waals surface area contributed by atoms with Gasteiger partial charge in [-0.3, -0.25) is 4.79 Å². The largest absolute Gasteiger partial charge is 0.385 e. The molecule has 1 amide bonds. The predicted molar refractivity (Wildman–Crippen MR) is 98.1 cm³/mol. The summed E-state index contributed by atoms with van der Waals surface area (Å²) < 4.78 is 13.1. The Hall–Kier alpha value is -2.56. The molecule has 128 valence electrons. The van der Waals surface area contributed by atoms with Crippen LogP contribution < -0.4 is 15.5 Å². The van der Waals surface area contributed by atoms with Crippen molar-refractivity contribution in [1.29, 1.82) is 0 Å². The van der Waals surface area contributed by atoms with Gasteiger partial charge in [0.25, 0.3) is 0 Å². The summed E-state index contributed by atoms with van der Waals surface area (Å²) in [6, 6.07) is 14.1. The van der Waals surface area contributed by atoms with E-state index in [0.717, 1.165) is 18.8 Å². The van der Waals surface area contributed by atoms with Crippen LogP contribution >= 0.6 is 0 Å². The van der Waals surface area contributed by atoms with E-state index in [1.165, 1.54) is 17.8 Å². The van der Waals surface area contributed by atoms with Gasteiger partial charge in [-0.25, -0.2) is 4.39 Å². The van der Waals surface area contributed by atoms with Crippen LogP contribution in [0.1, 0.15) is 20.3 Å². The molecule has 4 nitrogen and oxygen atoms in total. The third-order valence-electron chi connectivity index (χ3n) is 3.79. The van der Waals surface area contributed by atoms with Gasteiger partial charge in [-0.1, -0.05) is 6.07 Å². The van der Waals surface area contributed by atoms with Crippen molar-refractivity contribution < 1.29 is 9.18 Å². The van der Waals surface area contributed by atoms with E-state index in [1.807, 2.05) is 12.1 Å². The Morgan fingerprint density at radius 2 is 1.75 bits per heavy atom. The molecule has 0 unspecified atom stereocenters. The van der Waals surface area contributed by atoms with E-state index in [4.69, 9.17) is 0 Å². The van der Waals surface area contributed by atoms with Crippen molar-refractivity contribution in [3.63, 3.8) is 0 Å². The Morgan fingerprint density at radius 3 is 2.38 bits per heavy atom. The number of hydrogen-bond donors (Lipinski definition) is 2. The molecule has 0 aliphatic heterocycles. The summed E-state index contributed by atoms with van der Waals surface area (Å²) in [6.07, 6.45) is 0.314. The summed E-state index contributed by atoms with van der Waals surface area (Å²) in [6.45, 7) is 6.73. The SMILES string of the molecule is CCN(CC)c1ccc(NCCC(=O)Nc2cccc(F)c2)cc1. The number of benzene rings is 2. The zero-order valence-electron chi connectivity index (χ0n) is 14.2. The summed E-state index contributed by atoms with van der Waals surface area (Å²) in [7, 11) is 0. The van der Waals surface area contributed by atoms with E-state index < -0.39 is 0 Å². The van der Waals surface area contributed by atoms with E-state index >= 15 is 0 Å². The molecular weight excluding hydrogens is 305 g/mol. The van der Waals surface area contributed by atoms with Gasteiger partial charge in [0, 0.05) is 43.1 Å². The van der Waals surface area contributed by atoms with Crippen molar-refractivity contribution in [3.8, 4) is 0 Å². The van der Waals surface area contributed by atoms with Crippen molar-refractivity contribution in [3.05, 3.63) is 54.3 Å². The lowest BCUT2D eigenvalue weighted by Gasteiger charge is -2.21. The smallest absolute Gasteiger partial charge is 0.226 e. The van der Waals surface area contributed by atoms with Crippen LogP contribution in [0.4, 0.5) is 21.5 Å². The van der Waals surface area contributed by atoms with Crippen molar-refractivity contribution in [2.24, 2.45) is 0 Å². The second kappa shape index (κ2) is 8.91. The highest BCUT2D eigenvalue weighted by molar-refractivity contribution is 5.90. The molecule has 0 aromatic heterocycles. The number of rotatable bonds is 8. The third kappa shape index (κ3) is 5.26. The lowest BCUT2D eigenvalue weighted by atomic mass is 10.2. The van der Waals surface area contributed by atoms with E-state index in [0.29, 0.717) is 18.7 Å². The Bertz CT molecular complexity index is 654. The summed E-state index contributed by atoms with van der Waals surface area (Å²) in [5.41, 5.74) is 2.64. The van der Waals surface area contributed by atoms with Crippen molar-refractivity contribution in [2.45, 2.75) is 20.3 Å². The average molecular weight is 329 g/mol. The molecule has 0 bridgehead atoms. The first-order chi connectivity index (χ1) is 11.6. The highest BCUT2D eigenvalue weighted by Gasteiger charge is 2.04. The van der Waals surface area contributed by atoms with E-state index in [9.17, 15) is 9.18 Å². The topological polar surface area (TPSA) is 44.4 Å². The summed E-state index contributed by atoms with van der Waals surface area (Å²) in [5, 5.41) is 5.90. The number of carbonyl (C=O) groups is 1. The Labute approximate surface area is 142 Å². The second-order valence-electron chi connectivity index (χ2n) is 5.45. The minimum absolute atomic E-state index is 0.145. The summed E-state index contributed by atoms with van der Waals surface area (Å²) >= 11 is 0. The molecule has 5 heteroatoms. The molecule has 0 heterocycles. The van der Waals surface area contributed by atoms with Gasteiger partial charge in [-0.15, -0.1) is 0 Å². The predicted octanol–water partition coefficient (Wildman–Crippen LogP) is 4.11. The number of halogens is 1. The highest BCUT2D eigenvalue weighted by Crippen LogP contribution is 2.17. The van der Waals surface area contributed by atoms with Crippen LogP contribution in [0.25, 0.3) is 0 Å². The molecule has 0 fully saturated rings. The molecule has 2 aromatic carbocycles. The molecule has 0 saturated carbocycles. The van der Waals surface area contributed by atoms with Gasteiger partial charge < -0.3 is 15.5 Å². The van der Waals surface area contributed by atoms with Crippen molar-refractivity contribution >= 4 is 23.0 Å². The third-order valence-corrected chi connectivity index (χ3v) is 3.79. The fraction of sp³-hybridized carbons (Fsp3) is 0.316. The number of amides is 1. The van der Waals surface area contributed by atoms with E-state index in [-0.39, 0.29) is 11.7 Å². The second-order valence-corrected chi connectivity index (χ2v) is 5.45. The molecule has 2 rings (SSSR count). The minimum atomic E-state index is -0.362. The maximum atomic E-state index is 13.1. The van der Waals surface area contributed by atoms with Crippen molar-refractivity contribution in [1.82, 2.24) is 0 Å². The standard InChI is InChI=1S/C19H24FN3O/c1-3-23(4-2)18-10-8-16(9-11-18)21-13-12-19(24)22-17-7-5-6-15(20)14-17/h5-11,14,21H,3-4,12-13H2,1-2H3,(H,22,24). The van der Waals surface area contributed by atoms with E-state index in [2.05, 4.69) is 41.5 Å². The molecule has 24 heavy (non-hydrogen) atoms. The lowest BCUT2D eigenvalue weighted by molar-refractivity contribution is -0.115. The number of anilines is 3. The molecule has 0 aliphatic carbocycles. The molecule has 0 aliphatic rings. The Morgan fingerprint density at radius 1 is 1.04 bits per heavy atom. The monoisotopic (exact) mass is 329 g/mol. The van der Waals surface area contributed by atoms with Gasteiger partial charge in [0.2, 0.25) is 5.91 Å². The quantitative estimate of drug-likeness (QED) is 0.766. The molecule has 2 aromatic rings. The molecule has 0 saturated heterocycles. The van der Waals surface area contributed by atoms with Gasteiger partial charge in [-0.2, -0.15) is 0 Å². The van der Waals surface area contributed by atoms with Crippen LogP contribution in [0.15, 0.2) is 48.5 Å². The maximum absolute atomic E-state index is 13.1. The number of carbonyl (C=O) groups excluding carboxylic acids is 1. The first kappa shape index (κ1) is 17.8. The fourth-order valence-corrected chi connectivity index (χ4v) is 2.49. The normalized spacial score (nSPS) is 10.3. The molecule has 0 radical (unpaired) electrons. The maximum Gasteiger partial charge on any atom is 0.226 e. The molecular formula is C19H24FN3O. The lowest BCUT2D eigenvalue weighted by Crippen LogP contribution is -2.21. The number of hydrogen-bond acceptors (Lipinski definition) is 3. The Balaban J connectivity index is 1.78. The van der Waals surface area contributed by atoms with Gasteiger partial charge in [-0.05, 0) is 56.3 Å². The Kier molecular flexibility index (Phi) is 6.61. The van der Waals surface area contributed by atoms with Crippen LogP contribution in [0, 0.1) is 5.82 Å². The van der Waals surface area contributed by atoms with Gasteiger partial charge >= 0.3 is 0 Å². The van der Waals surface area contributed by atoms with Crippen LogP contribution in [0.3, 0.4) is 0 Å². The fourth-order valence-electron chi connectivity index (χ4n) is 2.49. The highest BCUT2D eigenvalue weighted by atomic mass is 19.1. The summed E-state index contributed by atoms with van der Waals surface area (Å²) in [5.74, 6) is -0.507. The van der Waals surface area contributed by atoms with Crippen LogP contribution in [-0.4, -0.2) is 25.5 Å². The average Bonchev–Trinajstić information content (AvgIpc) is 2.57. The van der Waals surface area contributed by atoms with Crippen LogP contribution in [0.2, 0.25) is 0 Å². The number of nitrogens with zero attached hydrogens (tertiary/aromatic N) is 1. The van der Waals surface area contributed by atoms with Gasteiger partial charge in [0.15, 0.2) is 0 Å².